The van der Waals surface area contributed by atoms with Gasteiger partial charge in [0, 0.05) is 23.7 Å². The summed E-state index contributed by atoms with van der Waals surface area (Å²) in [7, 11) is 0. The van der Waals surface area contributed by atoms with E-state index in [1.54, 1.807) is 0 Å². The number of fused-ring (bicyclic) bond motifs is 6. The Morgan fingerprint density at radius 2 is 1.68 bits per heavy atom. The van der Waals surface area contributed by atoms with Gasteiger partial charge in [-0.1, -0.05) is 31.2 Å². The van der Waals surface area contributed by atoms with Crippen molar-refractivity contribution in [2.45, 2.75) is 26.2 Å². The van der Waals surface area contributed by atoms with E-state index >= 15 is 0 Å². The van der Waals surface area contributed by atoms with Crippen molar-refractivity contribution in [3.63, 3.8) is 0 Å². The minimum atomic E-state index is -0.0172. The van der Waals surface area contributed by atoms with Crippen molar-refractivity contribution in [2.75, 3.05) is 0 Å². The summed E-state index contributed by atoms with van der Waals surface area (Å²) >= 11 is 0. The van der Waals surface area contributed by atoms with Crippen LogP contribution in [0.3, 0.4) is 0 Å². The largest absolute Gasteiger partial charge is 0.299 e. The van der Waals surface area contributed by atoms with Crippen molar-refractivity contribution in [1.29, 1.82) is 0 Å². The molecule has 0 aromatic rings. The summed E-state index contributed by atoms with van der Waals surface area (Å²) in [5.74, 6) is 1.82. The number of ketones is 2. The Bertz CT molecular complexity index is 501. The summed E-state index contributed by atoms with van der Waals surface area (Å²) in [6.07, 6.45) is 11.5. The van der Waals surface area contributed by atoms with Gasteiger partial charge < -0.3 is 0 Å². The Balaban J connectivity index is 1.77. The molecule has 2 heteroatoms. The number of Topliss-reactive ketones (excluding diaryl/α,β-unsaturated/α-hetero) is 2. The minimum Gasteiger partial charge on any atom is -0.299 e. The molecule has 0 amide bonds. The lowest BCUT2D eigenvalue weighted by molar-refractivity contribution is -0.149. The number of carbonyl (C=O) groups excluding carboxylic acids is 2. The van der Waals surface area contributed by atoms with Crippen LogP contribution < -0.4 is 0 Å². The fourth-order valence-electron chi connectivity index (χ4n) is 5.12. The van der Waals surface area contributed by atoms with Gasteiger partial charge in [0.1, 0.15) is 11.6 Å². The van der Waals surface area contributed by atoms with Gasteiger partial charge in [-0.25, -0.2) is 0 Å². The second kappa shape index (κ2) is 3.91. The number of carbonyl (C=O) groups is 2. The second-order valence-electron chi connectivity index (χ2n) is 6.67. The highest BCUT2D eigenvalue weighted by Gasteiger charge is 2.59. The molecule has 4 aliphatic rings. The highest BCUT2D eigenvalue weighted by molar-refractivity contribution is 6.01. The molecular formula is C17H20O2. The van der Waals surface area contributed by atoms with Crippen LogP contribution in [0.2, 0.25) is 0 Å². The van der Waals surface area contributed by atoms with Crippen LogP contribution in [0.5, 0.6) is 0 Å². The van der Waals surface area contributed by atoms with E-state index in [0.29, 0.717) is 29.3 Å². The smallest absolute Gasteiger partial charge is 0.141 e. The molecule has 0 saturated heterocycles. The van der Waals surface area contributed by atoms with Crippen molar-refractivity contribution in [2.24, 2.45) is 41.4 Å². The zero-order chi connectivity index (χ0) is 13.1. The summed E-state index contributed by atoms with van der Waals surface area (Å²) in [6.45, 7) is 2.13. The first kappa shape index (κ1) is 11.6. The molecule has 4 aliphatic carbocycles. The minimum absolute atomic E-state index is 0.0171. The third-order valence-corrected chi connectivity index (χ3v) is 5.95. The van der Waals surface area contributed by atoms with Gasteiger partial charge in [-0.05, 0) is 37.0 Å². The van der Waals surface area contributed by atoms with Crippen LogP contribution in [0.1, 0.15) is 26.2 Å². The third kappa shape index (κ3) is 1.38. The van der Waals surface area contributed by atoms with E-state index in [-0.39, 0.29) is 23.7 Å². The Kier molecular flexibility index (Phi) is 2.39. The summed E-state index contributed by atoms with van der Waals surface area (Å²) in [5.41, 5.74) is 0. The van der Waals surface area contributed by atoms with Gasteiger partial charge >= 0.3 is 0 Å². The molecule has 0 radical (unpaired) electrons. The van der Waals surface area contributed by atoms with Crippen LogP contribution in [0.25, 0.3) is 0 Å². The third-order valence-electron chi connectivity index (χ3n) is 5.95. The van der Waals surface area contributed by atoms with Crippen LogP contribution in [-0.4, -0.2) is 11.6 Å². The van der Waals surface area contributed by atoms with E-state index in [9.17, 15) is 9.59 Å². The van der Waals surface area contributed by atoms with E-state index in [2.05, 4.69) is 31.2 Å². The van der Waals surface area contributed by atoms with Crippen LogP contribution >= 0.6 is 0 Å². The molecule has 0 aromatic heterocycles. The molecule has 2 fully saturated rings. The maximum atomic E-state index is 12.9. The Hall–Kier alpha value is -1.18. The average Bonchev–Trinajstić information content (AvgIpc) is 3.04. The summed E-state index contributed by atoms with van der Waals surface area (Å²) in [4.78, 5) is 25.7. The first-order valence-corrected chi connectivity index (χ1v) is 7.64. The molecule has 0 aliphatic heterocycles. The van der Waals surface area contributed by atoms with Crippen LogP contribution in [-0.2, 0) is 9.59 Å². The van der Waals surface area contributed by atoms with Gasteiger partial charge in [0.05, 0.1) is 0 Å². The van der Waals surface area contributed by atoms with Gasteiger partial charge in [0.25, 0.3) is 0 Å². The van der Waals surface area contributed by atoms with Gasteiger partial charge in [0.2, 0.25) is 0 Å². The predicted octanol–water partition coefficient (Wildman–Crippen LogP) is 2.80. The van der Waals surface area contributed by atoms with Gasteiger partial charge in [-0.2, -0.15) is 0 Å². The molecule has 7 atom stereocenters. The van der Waals surface area contributed by atoms with E-state index in [4.69, 9.17) is 0 Å². The topological polar surface area (TPSA) is 34.1 Å². The fourth-order valence-corrected chi connectivity index (χ4v) is 5.12. The maximum Gasteiger partial charge on any atom is 0.141 e. The molecule has 0 aromatic carbocycles. The second-order valence-corrected chi connectivity index (χ2v) is 6.67. The van der Waals surface area contributed by atoms with Crippen LogP contribution in [0.15, 0.2) is 24.3 Å². The average molecular weight is 256 g/mol. The van der Waals surface area contributed by atoms with Crippen molar-refractivity contribution in [3.8, 4) is 0 Å². The van der Waals surface area contributed by atoms with Gasteiger partial charge in [-0.3, -0.25) is 9.59 Å². The van der Waals surface area contributed by atoms with Crippen molar-refractivity contribution in [3.05, 3.63) is 24.3 Å². The molecule has 7 unspecified atom stereocenters. The van der Waals surface area contributed by atoms with Crippen molar-refractivity contribution < 1.29 is 9.59 Å². The van der Waals surface area contributed by atoms with Crippen molar-refractivity contribution in [1.82, 2.24) is 0 Å². The van der Waals surface area contributed by atoms with Gasteiger partial charge in [0.15, 0.2) is 0 Å². The molecular weight excluding hydrogens is 236 g/mol. The highest BCUT2D eigenvalue weighted by Crippen LogP contribution is 2.55. The Morgan fingerprint density at radius 1 is 1.00 bits per heavy atom. The maximum absolute atomic E-state index is 12.9. The molecule has 2 nitrogen and oxygen atoms in total. The van der Waals surface area contributed by atoms with Gasteiger partial charge in [-0.15, -0.1) is 0 Å². The Labute approximate surface area is 113 Å². The SMILES string of the molecule is CCC1C=CCC2C(=O)C3C4C=CC(C4)C3C(=O)C12. The van der Waals surface area contributed by atoms with E-state index in [1.807, 2.05) is 0 Å². The summed E-state index contributed by atoms with van der Waals surface area (Å²) in [5, 5.41) is 0. The lowest BCUT2D eigenvalue weighted by Gasteiger charge is -2.43. The number of hydrogen-bond acceptors (Lipinski definition) is 2. The summed E-state index contributed by atoms with van der Waals surface area (Å²) < 4.78 is 0. The normalized spacial score (nSPS) is 50.5. The molecule has 4 rings (SSSR count). The molecule has 0 spiro atoms. The molecule has 2 saturated carbocycles. The lowest BCUT2D eigenvalue weighted by atomic mass is 9.58. The van der Waals surface area contributed by atoms with E-state index < -0.39 is 0 Å². The van der Waals surface area contributed by atoms with Crippen LogP contribution in [0.4, 0.5) is 0 Å². The quantitative estimate of drug-likeness (QED) is 0.676. The molecule has 0 heterocycles. The lowest BCUT2D eigenvalue weighted by Crippen LogP contribution is -2.51. The van der Waals surface area contributed by atoms with E-state index in [0.717, 1.165) is 19.3 Å². The number of allylic oxidation sites excluding steroid dienone is 4. The number of hydrogen-bond donors (Lipinski definition) is 0. The number of rotatable bonds is 1. The highest BCUT2D eigenvalue weighted by atomic mass is 16.1. The first-order valence-electron chi connectivity index (χ1n) is 7.64. The Morgan fingerprint density at radius 3 is 2.37 bits per heavy atom. The standard InChI is InChI=1S/C17H20O2/c1-2-9-4-3-5-12-13(9)17(19)15-11-7-6-10(8-11)14(15)16(12)18/h3-4,6-7,9-15H,2,5,8H2,1H3. The molecule has 2 bridgehead atoms. The monoisotopic (exact) mass is 256 g/mol. The molecule has 100 valence electrons. The van der Waals surface area contributed by atoms with Crippen molar-refractivity contribution >= 4 is 11.6 Å². The zero-order valence-corrected chi connectivity index (χ0v) is 11.3. The summed E-state index contributed by atoms with van der Waals surface area (Å²) in [6, 6.07) is 0. The molecule has 19 heavy (non-hydrogen) atoms. The predicted molar refractivity (Wildman–Crippen MR) is 72.2 cm³/mol. The van der Waals surface area contributed by atoms with Crippen LogP contribution in [0, 0.1) is 41.4 Å². The van der Waals surface area contributed by atoms with E-state index in [1.165, 1.54) is 0 Å². The first-order chi connectivity index (χ1) is 9.22. The molecule has 0 N–H and O–H groups in total. The zero-order valence-electron chi connectivity index (χ0n) is 11.3. The fraction of sp³-hybridized carbons (Fsp3) is 0.647.